The van der Waals surface area contributed by atoms with E-state index in [-0.39, 0.29) is 0 Å². The van der Waals surface area contributed by atoms with Gasteiger partial charge in [0, 0.05) is 13.1 Å². The largest absolute Gasteiger partial charge is 0.314 e. The van der Waals surface area contributed by atoms with Crippen molar-refractivity contribution in [3.63, 3.8) is 0 Å². The smallest absolute Gasteiger partial charge is 0.0266 e. The Balaban J connectivity index is 2.03. The maximum absolute atomic E-state index is 9.12. The Morgan fingerprint density at radius 2 is 1.67 bits per heavy atom. The molecule has 9 heavy (non-hydrogen) atoms. The van der Waals surface area contributed by atoms with Gasteiger partial charge in [-0.1, -0.05) is 0 Å². The predicted molar refractivity (Wildman–Crippen MR) is 34.2 cm³/mol. The van der Waals surface area contributed by atoms with Crippen molar-refractivity contribution in [1.82, 2.24) is 5.06 Å². The van der Waals surface area contributed by atoms with Gasteiger partial charge < -0.3 is 5.21 Å². The third-order valence-electron chi connectivity index (χ3n) is 2.59. The molecule has 2 rings (SSSR count). The van der Waals surface area contributed by atoms with Crippen LogP contribution in [0.4, 0.5) is 0 Å². The highest BCUT2D eigenvalue weighted by molar-refractivity contribution is 4.82. The summed E-state index contributed by atoms with van der Waals surface area (Å²) in [6, 6.07) is 0. The van der Waals surface area contributed by atoms with Crippen molar-refractivity contribution in [1.29, 1.82) is 0 Å². The minimum Gasteiger partial charge on any atom is -0.314 e. The summed E-state index contributed by atoms with van der Waals surface area (Å²) in [6.45, 7) is 1.85. The molecule has 1 saturated heterocycles. The van der Waals surface area contributed by atoms with Gasteiger partial charge >= 0.3 is 0 Å². The van der Waals surface area contributed by atoms with Crippen molar-refractivity contribution in [2.45, 2.75) is 19.3 Å². The van der Waals surface area contributed by atoms with Crippen LogP contribution in [0.2, 0.25) is 0 Å². The first-order valence-corrected chi connectivity index (χ1v) is 3.78. The van der Waals surface area contributed by atoms with E-state index in [9.17, 15) is 0 Å². The minimum atomic E-state index is 0.814. The highest BCUT2D eigenvalue weighted by Crippen LogP contribution is 2.35. The normalized spacial score (nSPS) is 43.7. The van der Waals surface area contributed by atoms with Gasteiger partial charge in [-0.05, 0) is 31.1 Å². The van der Waals surface area contributed by atoms with Crippen LogP contribution in [0.25, 0.3) is 0 Å². The van der Waals surface area contributed by atoms with E-state index in [1.165, 1.54) is 24.3 Å². The van der Waals surface area contributed by atoms with Gasteiger partial charge in [-0.3, -0.25) is 0 Å². The molecule has 2 atom stereocenters. The third kappa shape index (κ3) is 0.970. The molecule has 1 saturated carbocycles. The molecule has 0 aromatic heterocycles. The number of hydrogen-bond donors (Lipinski definition) is 1. The topological polar surface area (TPSA) is 23.5 Å². The molecule has 2 fully saturated rings. The predicted octanol–water partition coefficient (Wildman–Crippen LogP) is 1.11. The average molecular weight is 127 g/mol. The standard InChI is InChI=1S/C7H13NO/c9-8-4-6-1-2-7(3-6)5-8/h6-7,9H,1-5H2. The highest BCUT2D eigenvalue weighted by atomic mass is 16.5. The zero-order chi connectivity index (χ0) is 6.27. The molecule has 2 nitrogen and oxygen atoms in total. The van der Waals surface area contributed by atoms with Crippen molar-refractivity contribution in [2.24, 2.45) is 11.8 Å². The number of nitrogens with zero attached hydrogens (tertiary/aromatic N) is 1. The molecular weight excluding hydrogens is 114 g/mol. The van der Waals surface area contributed by atoms with E-state index in [2.05, 4.69) is 0 Å². The summed E-state index contributed by atoms with van der Waals surface area (Å²) in [5, 5.41) is 10.6. The summed E-state index contributed by atoms with van der Waals surface area (Å²) in [5.41, 5.74) is 0. The van der Waals surface area contributed by atoms with Crippen molar-refractivity contribution in [3.05, 3.63) is 0 Å². The lowest BCUT2D eigenvalue weighted by atomic mass is 10.0. The highest BCUT2D eigenvalue weighted by Gasteiger charge is 2.31. The number of rotatable bonds is 0. The van der Waals surface area contributed by atoms with Gasteiger partial charge in [0.25, 0.3) is 0 Å². The van der Waals surface area contributed by atoms with Crippen LogP contribution in [-0.4, -0.2) is 23.4 Å². The van der Waals surface area contributed by atoms with Gasteiger partial charge in [0.2, 0.25) is 0 Å². The quantitative estimate of drug-likeness (QED) is 0.527. The number of hydrogen-bond acceptors (Lipinski definition) is 2. The fraction of sp³-hybridized carbons (Fsp3) is 1.00. The van der Waals surface area contributed by atoms with E-state index in [0.29, 0.717) is 0 Å². The fourth-order valence-electron chi connectivity index (χ4n) is 2.18. The number of fused-ring (bicyclic) bond motifs is 2. The van der Waals surface area contributed by atoms with Crippen LogP contribution < -0.4 is 0 Å². The Labute approximate surface area is 55.4 Å². The fourth-order valence-corrected chi connectivity index (χ4v) is 2.18. The van der Waals surface area contributed by atoms with Crippen molar-refractivity contribution in [3.8, 4) is 0 Å². The van der Waals surface area contributed by atoms with Gasteiger partial charge in [0.15, 0.2) is 0 Å². The van der Waals surface area contributed by atoms with E-state index < -0.39 is 0 Å². The summed E-state index contributed by atoms with van der Waals surface area (Å²) in [6.07, 6.45) is 4.07. The van der Waals surface area contributed by atoms with E-state index in [4.69, 9.17) is 5.21 Å². The molecular formula is C7H13NO. The molecule has 2 heteroatoms. The molecule has 0 amide bonds. The molecule has 1 aliphatic carbocycles. The monoisotopic (exact) mass is 127 g/mol. The molecule has 2 aliphatic rings. The molecule has 1 heterocycles. The van der Waals surface area contributed by atoms with E-state index >= 15 is 0 Å². The van der Waals surface area contributed by atoms with Crippen molar-refractivity contribution < 1.29 is 5.21 Å². The van der Waals surface area contributed by atoms with Gasteiger partial charge in [-0.15, -0.1) is 0 Å². The molecule has 0 aromatic rings. The van der Waals surface area contributed by atoms with Crippen molar-refractivity contribution >= 4 is 0 Å². The van der Waals surface area contributed by atoms with Crippen LogP contribution in [0.1, 0.15) is 19.3 Å². The Hall–Kier alpha value is -0.0800. The maximum atomic E-state index is 9.12. The lowest BCUT2D eigenvalue weighted by Gasteiger charge is -2.25. The summed E-state index contributed by atoms with van der Waals surface area (Å²) in [4.78, 5) is 0. The second kappa shape index (κ2) is 1.96. The second-order valence-corrected chi connectivity index (χ2v) is 3.42. The number of piperidine rings is 1. The summed E-state index contributed by atoms with van der Waals surface area (Å²) in [7, 11) is 0. The van der Waals surface area contributed by atoms with Gasteiger partial charge in [0.1, 0.15) is 0 Å². The molecule has 0 spiro atoms. The van der Waals surface area contributed by atoms with Gasteiger partial charge in [-0.25, -0.2) is 0 Å². The molecule has 0 aromatic carbocycles. The SMILES string of the molecule is ON1CC2CCC(C2)C1. The first kappa shape index (κ1) is 5.69. The van der Waals surface area contributed by atoms with Gasteiger partial charge in [0.05, 0.1) is 0 Å². The molecule has 0 radical (unpaired) electrons. The van der Waals surface area contributed by atoms with Crippen molar-refractivity contribution in [2.75, 3.05) is 13.1 Å². The van der Waals surface area contributed by atoms with E-state index in [1.54, 1.807) is 0 Å². The summed E-state index contributed by atoms with van der Waals surface area (Å²) >= 11 is 0. The van der Waals surface area contributed by atoms with Crippen LogP contribution in [-0.2, 0) is 0 Å². The number of hydroxylamine groups is 2. The molecule has 2 unspecified atom stereocenters. The van der Waals surface area contributed by atoms with Crippen LogP contribution in [0.15, 0.2) is 0 Å². The summed E-state index contributed by atoms with van der Waals surface area (Å²) in [5.74, 6) is 1.63. The second-order valence-electron chi connectivity index (χ2n) is 3.42. The lowest BCUT2D eigenvalue weighted by molar-refractivity contribution is -0.121. The van der Waals surface area contributed by atoms with Crippen LogP contribution in [0.3, 0.4) is 0 Å². The zero-order valence-corrected chi connectivity index (χ0v) is 5.58. The lowest BCUT2D eigenvalue weighted by Crippen LogP contribution is -2.33. The van der Waals surface area contributed by atoms with E-state index in [0.717, 1.165) is 24.9 Å². The van der Waals surface area contributed by atoms with Gasteiger partial charge in [-0.2, -0.15) is 5.06 Å². The Morgan fingerprint density at radius 3 is 2.22 bits per heavy atom. The third-order valence-corrected chi connectivity index (χ3v) is 2.59. The average Bonchev–Trinajstić information content (AvgIpc) is 2.11. The minimum absolute atomic E-state index is 0.814. The molecule has 2 bridgehead atoms. The van der Waals surface area contributed by atoms with Crippen LogP contribution in [0.5, 0.6) is 0 Å². The first-order valence-electron chi connectivity index (χ1n) is 3.78. The van der Waals surface area contributed by atoms with Crippen LogP contribution in [0, 0.1) is 11.8 Å². The summed E-state index contributed by atoms with van der Waals surface area (Å²) < 4.78 is 0. The first-order chi connectivity index (χ1) is 4.34. The molecule has 52 valence electrons. The van der Waals surface area contributed by atoms with Crippen LogP contribution >= 0.6 is 0 Å². The Kier molecular flexibility index (Phi) is 1.24. The Morgan fingerprint density at radius 1 is 1.11 bits per heavy atom. The molecule has 1 aliphatic heterocycles. The zero-order valence-electron chi connectivity index (χ0n) is 5.58. The Bertz CT molecular complexity index is 103. The van der Waals surface area contributed by atoms with E-state index in [1.807, 2.05) is 0 Å². The molecule has 1 N–H and O–H groups in total. The maximum Gasteiger partial charge on any atom is 0.0266 e.